The van der Waals surface area contributed by atoms with E-state index < -0.39 is 12.0 Å². The third-order valence-electron chi connectivity index (χ3n) is 6.71. The molecule has 12 heteroatoms. The predicted octanol–water partition coefficient (Wildman–Crippen LogP) is 7.45. The minimum Gasteiger partial charge on any atom is -0.494 e. The molecule has 1 aromatic heterocycles. The second kappa shape index (κ2) is 14.2. The Bertz CT molecular complexity index is 1960. The topological polar surface area (TPSA) is 79.1 Å². The molecule has 0 unspecified atom stereocenters. The Morgan fingerprint density at radius 2 is 1.82 bits per heavy atom. The lowest BCUT2D eigenvalue weighted by Crippen LogP contribution is -2.39. The van der Waals surface area contributed by atoms with Gasteiger partial charge in [0, 0.05) is 10.0 Å². The molecule has 0 aliphatic carbocycles. The summed E-state index contributed by atoms with van der Waals surface area (Å²) in [5.74, 6) is 0.790. The van der Waals surface area contributed by atoms with Crippen LogP contribution in [-0.2, 0) is 16.1 Å². The van der Waals surface area contributed by atoms with E-state index in [1.54, 1.807) is 36.6 Å². The highest BCUT2D eigenvalue weighted by Crippen LogP contribution is 2.33. The molecule has 44 heavy (non-hydrogen) atoms. The lowest BCUT2D eigenvalue weighted by molar-refractivity contribution is -0.139. The molecule has 0 fully saturated rings. The minimum absolute atomic E-state index is 0.197. The van der Waals surface area contributed by atoms with Gasteiger partial charge >= 0.3 is 5.97 Å². The number of allylic oxidation sites excluding steroid dienone is 1. The van der Waals surface area contributed by atoms with Gasteiger partial charge in [-0.1, -0.05) is 68.7 Å². The van der Waals surface area contributed by atoms with E-state index in [2.05, 4.69) is 43.5 Å². The van der Waals surface area contributed by atoms with Crippen molar-refractivity contribution < 1.29 is 19.0 Å². The number of ether oxygens (including phenoxy) is 3. The van der Waals surface area contributed by atoms with Crippen molar-refractivity contribution in [2.75, 3.05) is 13.2 Å². The van der Waals surface area contributed by atoms with Crippen molar-refractivity contribution in [2.24, 2.45) is 4.99 Å². The summed E-state index contributed by atoms with van der Waals surface area (Å²) in [4.78, 5) is 32.5. The Morgan fingerprint density at radius 3 is 2.50 bits per heavy atom. The summed E-state index contributed by atoms with van der Waals surface area (Å²) in [7, 11) is 0. The van der Waals surface area contributed by atoms with Gasteiger partial charge in [-0.25, -0.2) is 9.79 Å². The van der Waals surface area contributed by atoms with Crippen LogP contribution in [0.3, 0.4) is 0 Å². The third-order valence-corrected chi connectivity index (χ3v) is 9.70. The van der Waals surface area contributed by atoms with Gasteiger partial charge < -0.3 is 14.2 Å². The average molecular weight is 828 g/mol. The fourth-order valence-electron chi connectivity index (χ4n) is 4.79. The van der Waals surface area contributed by atoms with Crippen LogP contribution in [0.25, 0.3) is 6.08 Å². The van der Waals surface area contributed by atoms with E-state index in [4.69, 9.17) is 37.4 Å². The lowest BCUT2D eigenvalue weighted by atomic mass is 9.96. The van der Waals surface area contributed by atoms with Crippen LogP contribution in [0.15, 0.2) is 80.1 Å². The summed E-state index contributed by atoms with van der Waals surface area (Å²) in [6.45, 7) is 6.38. The average Bonchev–Trinajstić information content (AvgIpc) is 3.28. The van der Waals surface area contributed by atoms with Crippen LogP contribution in [0.4, 0.5) is 0 Å². The molecule has 228 valence electrons. The second-order valence-corrected chi connectivity index (χ2v) is 13.5. The summed E-state index contributed by atoms with van der Waals surface area (Å²) in [5.41, 5.74) is 2.82. The van der Waals surface area contributed by atoms with Crippen molar-refractivity contribution in [1.82, 2.24) is 4.57 Å². The van der Waals surface area contributed by atoms with Crippen LogP contribution in [-0.4, -0.2) is 23.8 Å². The zero-order valence-electron chi connectivity index (χ0n) is 23.8. The first-order valence-corrected chi connectivity index (χ1v) is 17.0. The quantitative estimate of drug-likeness (QED) is 0.130. The highest BCUT2D eigenvalue weighted by Gasteiger charge is 2.33. The van der Waals surface area contributed by atoms with Gasteiger partial charge in [0.1, 0.15) is 18.1 Å². The summed E-state index contributed by atoms with van der Waals surface area (Å²) < 4.78 is 21.0. The molecular formula is C32H26BrCl2IN2O5S. The number of halogens is 4. The largest absolute Gasteiger partial charge is 0.494 e. The maximum absolute atomic E-state index is 14.1. The highest BCUT2D eigenvalue weighted by molar-refractivity contribution is 14.1. The molecule has 0 N–H and O–H groups in total. The molecule has 0 radical (unpaired) electrons. The first kappa shape index (κ1) is 32.7. The molecule has 0 saturated carbocycles. The molecule has 2 heterocycles. The fourth-order valence-corrected chi connectivity index (χ4v) is 7.85. The highest BCUT2D eigenvalue weighted by atomic mass is 127. The van der Waals surface area contributed by atoms with Crippen molar-refractivity contribution in [3.05, 3.63) is 120 Å². The number of carbonyl (C=O) groups is 1. The number of carbonyl (C=O) groups excluding carboxylic acids is 1. The Labute approximate surface area is 290 Å². The normalized spacial score (nSPS) is 14.7. The van der Waals surface area contributed by atoms with Gasteiger partial charge in [0.2, 0.25) is 0 Å². The molecule has 7 nitrogen and oxygen atoms in total. The molecule has 0 amide bonds. The number of rotatable bonds is 9. The van der Waals surface area contributed by atoms with Crippen LogP contribution in [0.5, 0.6) is 11.5 Å². The Balaban J connectivity index is 1.62. The lowest BCUT2D eigenvalue weighted by Gasteiger charge is -2.24. The molecule has 1 atom stereocenters. The van der Waals surface area contributed by atoms with Gasteiger partial charge in [-0.2, -0.15) is 0 Å². The van der Waals surface area contributed by atoms with Gasteiger partial charge in [-0.15, -0.1) is 0 Å². The van der Waals surface area contributed by atoms with Gasteiger partial charge in [-0.05, 0) is 97.0 Å². The minimum atomic E-state index is -0.726. The number of esters is 1. The molecule has 1 aliphatic heterocycles. The van der Waals surface area contributed by atoms with Gasteiger partial charge in [-0.3, -0.25) is 9.36 Å². The predicted molar refractivity (Wildman–Crippen MR) is 186 cm³/mol. The molecule has 0 spiro atoms. The number of thiazole rings is 1. The van der Waals surface area contributed by atoms with Crippen molar-refractivity contribution in [2.45, 2.75) is 33.4 Å². The SMILES string of the molecule is CCOC(=O)C1=C(C)N=c2s/c(=C\c3cc(Br)cc(I)c3OCc3ccc(Cl)c(Cl)c3)c(=O)n2[C@H]1c1ccc(OCC)cc1. The number of hydrogen-bond acceptors (Lipinski definition) is 7. The maximum atomic E-state index is 14.1. The molecule has 0 saturated heterocycles. The summed E-state index contributed by atoms with van der Waals surface area (Å²) >= 11 is 19.3. The maximum Gasteiger partial charge on any atom is 0.338 e. The molecule has 0 bridgehead atoms. The summed E-state index contributed by atoms with van der Waals surface area (Å²) in [5, 5.41) is 0.911. The van der Waals surface area contributed by atoms with E-state index in [0.717, 1.165) is 19.2 Å². The van der Waals surface area contributed by atoms with Crippen LogP contribution in [0.1, 0.15) is 43.5 Å². The van der Waals surface area contributed by atoms with Crippen molar-refractivity contribution >= 4 is 85.1 Å². The van der Waals surface area contributed by atoms with E-state index in [0.29, 0.717) is 54.3 Å². The van der Waals surface area contributed by atoms with Crippen molar-refractivity contribution in [3.8, 4) is 11.5 Å². The fraction of sp³-hybridized carbons (Fsp3) is 0.219. The van der Waals surface area contributed by atoms with Gasteiger partial charge in [0.15, 0.2) is 4.80 Å². The van der Waals surface area contributed by atoms with Crippen LogP contribution < -0.4 is 24.4 Å². The van der Waals surface area contributed by atoms with E-state index in [1.807, 2.05) is 49.4 Å². The molecule has 4 aromatic rings. The third kappa shape index (κ3) is 6.94. The van der Waals surface area contributed by atoms with Crippen LogP contribution in [0, 0.1) is 3.57 Å². The Kier molecular flexibility index (Phi) is 10.6. The number of hydrogen-bond donors (Lipinski definition) is 0. The summed E-state index contributed by atoms with van der Waals surface area (Å²) in [6.07, 6.45) is 1.79. The standard InChI is InChI=1S/C32H26BrCl2IN2O5S/c1-4-41-22-9-7-19(8-10-22)28-27(31(40)42-5-2)17(3)37-32-38(28)30(39)26(44-32)14-20-13-21(33)15-25(36)29(20)43-16-18-6-11-23(34)24(35)12-18/h6-15,28H,4-5,16H2,1-3H3/b26-14-/t28-/m0/s1. The Hall–Kier alpha value is -2.64. The number of benzene rings is 3. The van der Waals surface area contributed by atoms with E-state index in [1.165, 1.54) is 11.3 Å². The smallest absolute Gasteiger partial charge is 0.338 e. The van der Waals surface area contributed by atoms with Gasteiger partial charge in [0.05, 0.1) is 48.7 Å². The van der Waals surface area contributed by atoms with Crippen molar-refractivity contribution in [3.63, 3.8) is 0 Å². The Morgan fingerprint density at radius 1 is 1.07 bits per heavy atom. The zero-order valence-corrected chi connectivity index (χ0v) is 29.9. The molecule has 3 aromatic carbocycles. The zero-order chi connectivity index (χ0) is 31.5. The first-order chi connectivity index (χ1) is 21.1. The second-order valence-electron chi connectivity index (χ2n) is 9.65. The summed E-state index contributed by atoms with van der Waals surface area (Å²) in [6, 6.07) is 15.8. The molecular weight excluding hydrogens is 802 g/mol. The van der Waals surface area contributed by atoms with Crippen molar-refractivity contribution in [1.29, 1.82) is 0 Å². The van der Waals surface area contributed by atoms with E-state index >= 15 is 0 Å². The number of nitrogens with zero attached hydrogens (tertiary/aromatic N) is 2. The van der Waals surface area contributed by atoms with Gasteiger partial charge in [0.25, 0.3) is 5.56 Å². The number of fused-ring (bicyclic) bond motifs is 1. The van der Waals surface area contributed by atoms with Crippen LogP contribution >= 0.6 is 73.1 Å². The van der Waals surface area contributed by atoms with E-state index in [9.17, 15) is 9.59 Å². The first-order valence-electron chi connectivity index (χ1n) is 13.6. The van der Waals surface area contributed by atoms with Crippen LogP contribution in [0.2, 0.25) is 10.0 Å². The molecule has 1 aliphatic rings. The molecule has 5 rings (SSSR count). The monoisotopic (exact) mass is 826 g/mol. The van der Waals surface area contributed by atoms with E-state index in [-0.39, 0.29) is 18.8 Å². The number of aromatic nitrogens is 1.